The van der Waals surface area contributed by atoms with Crippen LogP contribution in [0.4, 0.5) is 15.8 Å². The summed E-state index contributed by atoms with van der Waals surface area (Å²) in [6.45, 7) is 2.10. The molecule has 0 fully saturated rings. The summed E-state index contributed by atoms with van der Waals surface area (Å²) in [6.07, 6.45) is 0.0571. The second-order valence-corrected chi connectivity index (χ2v) is 3.37. The van der Waals surface area contributed by atoms with E-state index in [4.69, 9.17) is 4.74 Å². The minimum atomic E-state index is -0.916. The summed E-state index contributed by atoms with van der Waals surface area (Å²) in [4.78, 5) is 20.9. The Morgan fingerprint density at radius 1 is 1.56 bits per heavy atom. The van der Waals surface area contributed by atoms with E-state index in [1.54, 1.807) is 6.92 Å². The van der Waals surface area contributed by atoms with Crippen LogP contribution in [0.2, 0.25) is 0 Å². The van der Waals surface area contributed by atoms with Crippen molar-refractivity contribution in [3.05, 3.63) is 34.1 Å². The molecule has 18 heavy (non-hydrogen) atoms. The minimum Gasteiger partial charge on any atom is -0.466 e. The second kappa shape index (κ2) is 6.53. The molecule has 98 valence electrons. The van der Waals surface area contributed by atoms with Crippen molar-refractivity contribution in [2.75, 3.05) is 18.5 Å². The van der Waals surface area contributed by atoms with Crippen molar-refractivity contribution in [3.8, 4) is 0 Å². The molecule has 1 aromatic carbocycles. The second-order valence-electron chi connectivity index (χ2n) is 3.37. The van der Waals surface area contributed by atoms with Crippen LogP contribution < -0.4 is 5.32 Å². The van der Waals surface area contributed by atoms with Crippen LogP contribution in [0, 0.1) is 15.9 Å². The molecule has 0 atom stereocenters. The molecule has 0 aliphatic rings. The number of nitro groups is 1. The minimum absolute atomic E-state index is 0.0456. The van der Waals surface area contributed by atoms with Crippen LogP contribution in [-0.4, -0.2) is 24.0 Å². The number of esters is 1. The molecular weight excluding hydrogens is 243 g/mol. The zero-order valence-corrected chi connectivity index (χ0v) is 9.81. The largest absolute Gasteiger partial charge is 0.466 e. The maximum Gasteiger partial charge on any atom is 0.327 e. The first-order chi connectivity index (χ1) is 8.56. The Balaban J connectivity index is 2.65. The fourth-order valence-corrected chi connectivity index (χ4v) is 1.38. The highest BCUT2D eigenvalue weighted by Gasteiger charge is 2.19. The first-order valence-corrected chi connectivity index (χ1v) is 5.38. The average Bonchev–Trinajstić information content (AvgIpc) is 2.28. The van der Waals surface area contributed by atoms with Gasteiger partial charge in [-0.3, -0.25) is 14.9 Å². The van der Waals surface area contributed by atoms with Crippen LogP contribution in [0.1, 0.15) is 13.3 Å². The number of nitro benzene ring substituents is 1. The predicted octanol–water partition coefficient (Wildman–Crippen LogP) is 2.10. The summed E-state index contributed by atoms with van der Waals surface area (Å²) in [5.41, 5.74) is -0.578. The molecule has 0 aliphatic carbocycles. The lowest BCUT2D eigenvalue weighted by molar-refractivity contribution is -0.386. The highest BCUT2D eigenvalue weighted by molar-refractivity contribution is 5.70. The third kappa shape index (κ3) is 3.69. The molecule has 0 amide bonds. The lowest BCUT2D eigenvalue weighted by Crippen LogP contribution is -2.12. The molecule has 6 nitrogen and oxygen atoms in total. The zero-order chi connectivity index (χ0) is 13.5. The van der Waals surface area contributed by atoms with Gasteiger partial charge >= 0.3 is 11.7 Å². The van der Waals surface area contributed by atoms with Gasteiger partial charge in [0.15, 0.2) is 0 Å². The molecule has 0 saturated heterocycles. The molecule has 0 radical (unpaired) electrons. The average molecular weight is 256 g/mol. The number of hydrogen-bond donors (Lipinski definition) is 1. The van der Waals surface area contributed by atoms with Gasteiger partial charge in [-0.2, -0.15) is 4.39 Å². The SMILES string of the molecule is CCOC(=O)CCNc1cccc(F)c1[N+](=O)[O-]. The van der Waals surface area contributed by atoms with Gasteiger partial charge in [0.1, 0.15) is 5.69 Å². The van der Waals surface area contributed by atoms with E-state index in [9.17, 15) is 19.3 Å². The van der Waals surface area contributed by atoms with E-state index in [0.29, 0.717) is 0 Å². The van der Waals surface area contributed by atoms with Crippen LogP contribution in [0.5, 0.6) is 0 Å². The number of hydrogen-bond acceptors (Lipinski definition) is 5. The molecule has 0 bridgehead atoms. The monoisotopic (exact) mass is 256 g/mol. The van der Waals surface area contributed by atoms with Gasteiger partial charge in [0.25, 0.3) is 0 Å². The van der Waals surface area contributed by atoms with Crippen LogP contribution in [0.25, 0.3) is 0 Å². The van der Waals surface area contributed by atoms with Gasteiger partial charge < -0.3 is 10.1 Å². The Morgan fingerprint density at radius 2 is 2.28 bits per heavy atom. The van der Waals surface area contributed by atoms with E-state index < -0.39 is 22.4 Å². The normalized spacial score (nSPS) is 9.89. The Hall–Kier alpha value is -2.18. The molecule has 1 N–H and O–H groups in total. The molecule has 0 aliphatic heterocycles. The van der Waals surface area contributed by atoms with Crippen LogP contribution >= 0.6 is 0 Å². The van der Waals surface area contributed by atoms with Crippen molar-refractivity contribution < 1.29 is 18.8 Å². The quantitative estimate of drug-likeness (QED) is 0.479. The van der Waals surface area contributed by atoms with Crippen molar-refractivity contribution in [2.45, 2.75) is 13.3 Å². The van der Waals surface area contributed by atoms with Gasteiger partial charge in [-0.25, -0.2) is 0 Å². The lowest BCUT2D eigenvalue weighted by Gasteiger charge is -2.07. The van der Waals surface area contributed by atoms with Gasteiger partial charge in [-0.05, 0) is 19.1 Å². The summed E-state index contributed by atoms with van der Waals surface area (Å²) in [5, 5.41) is 13.3. The number of anilines is 1. The highest BCUT2D eigenvalue weighted by atomic mass is 19.1. The Labute approximate surface area is 103 Å². The lowest BCUT2D eigenvalue weighted by atomic mass is 10.2. The standard InChI is InChI=1S/C11H13FN2O4/c1-2-18-10(15)6-7-13-9-5-3-4-8(12)11(9)14(16)17/h3-5,13H,2,6-7H2,1H3. The summed E-state index contributed by atoms with van der Waals surface area (Å²) in [7, 11) is 0. The smallest absolute Gasteiger partial charge is 0.327 e. The molecule has 1 aromatic rings. The van der Waals surface area contributed by atoms with E-state index in [2.05, 4.69) is 5.32 Å². The number of ether oxygens (including phenoxy) is 1. The number of para-hydroxylation sites is 1. The van der Waals surface area contributed by atoms with Crippen molar-refractivity contribution in [3.63, 3.8) is 0 Å². The summed E-state index contributed by atoms with van der Waals surface area (Å²) in [6, 6.07) is 3.75. The molecule has 0 spiro atoms. The van der Waals surface area contributed by atoms with Crippen LogP contribution in [0.15, 0.2) is 18.2 Å². The van der Waals surface area contributed by atoms with E-state index in [1.807, 2.05) is 0 Å². The third-order valence-electron chi connectivity index (χ3n) is 2.12. The first-order valence-electron chi connectivity index (χ1n) is 5.38. The Morgan fingerprint density at radius 3 is 2.89 bits per heavy atom. The summed E-state index contributed by atoms with van der Waals surface area (Å²) in [5.74, 6) is -1.33. The van der Waals surface area contributed by atoms with E-state index in [1.165, 1.54) is 12.1 Å². The molecule has 1 rings (SSSR count). The first kappa shape index (κ1) is 13.9. The molecule has 0 saturated carbocycles. The van der Waals surface area contributed by atoms with Crippen molar-refractivity contribution >= 4 is 17.3 Å². The fourth-order valence-electron chi connectivity index (χ4n) is 1.38. The highest BCUT2D eigenvalue weighted by Crippen LogP contribution is 2.26. The molecule has 7 heteroatoms. The summed E-state index contributed by atoms with van der Waals surface area (Å²) < 4.78 is 17.9. The number of carbonyl (C=O) groups excluding carboxylic acids is 1. The zero-order valence-electron chi connectivity index (χ0n) is 9.81. The fraction of sp³-hybridized carbons (Fsp3) is 0.364. The predicted molar refractivity (Wildman–Crippen MR) is 62.8 cm³/mol. The van der Waals surface area contributed by atoms with Crippen molar-refractivity contribution in [2.24, 2.45) is 0 Å². The number of halogens is 1. The van der Waals surface area contributed by atoms with Crippen LogP contribution in [-0.2, 0) is 9.53 Å². The van der Waals surface area contributed by atoms with Crippen molar-refractivity contribution in [1.29, 1.82) is 0 Å². The van der Waals surface area contributed by atoms with Gasteiger partial charge in [-0.1, -0.05) is 6.07 Å². The van der Waals surface area contributed by atoms with Gasteiger partial charge in [0.2, 0.25) is 5.82 Å². The van der Waals surface area contributed by atoms with E-state index in [-0.39, 0.29) is 25.3 Å². The molecule has 0 heterocycles. The van der Waals surface area contributed by atoms with Crippen LogP contribution in [0.3, 0.4) is 0 Å². The molecule has 0 aromatic heterocycles. The molecular formula is C11H13FN2O4. The summed E-state index contributed by atoms with van der Waals surface area (Å²) >= 11 is 0. The third-order valence-corrected chi connectivity index (χ3v) is 2.12. The number of nitrogens with one attached hydrogen (secondary N) is 1. The van der Waals surface area contributed by atoms with E-state index in [0.717, 1.165) is 6.07 Å². The maximum absolute atomic E-state index is 13.2. The number of nitrogens with zero attached hydrogens (tertiary/aromatic N) is 1. The Kier molecular flexibility index (Phi) is 5.04. The van der Waals surface area contributed by atoms with E-state index >= 15 is 0 Å². The maximum atomic E-state index is 13.2. The van der Waals surface area contributed by atoms with Gasteiger partial charge in [0, 0.05) is 6.54 Å². The molecule has 0 unspecified atom stereocenters. The van der Waals surface area contributed by atoms with Gasteiger partial charge in [-0.15, -0.1) is 0 Å². The number of benzene rings is 1. The topological polar surface area (TPSA) is 81.5 Å². The Bertz CT molecular complexity index is 451. The van der Waals surface area contributed by atoms with Crippen molar-refractivity contribution in [1.82, 2.24) is 0 Å². The number of carbonyl (C=O) groups is 1. The van der Waals surface area contributed by atoms with Gasteiger partial charge in [0.05, 0.1) is 18.0 Å². The number of rotatable bonds is 6.